The van der Waals surface area contributed by atoms with Crippen LogP contribution < -0.4 is 10.6 Å². The molecule has 0 aliphatic carbocycles. The maximum Gasteiger partial charge on any atom is 0.251 e. The van der Waals surface area contributed by atoms with E-state index >= 15 is 0 Å². The third-order valence-corrected chi connectivity index (χ3v) is 6.26. The Balaban J connectivity index is 1.43. The zero-order valence-corrected chi connectivity index (χ0v) is 18.2. The van der Waals surface area contributed by atoms with Crippen LogP contribution in [0.5, 0.6) is 0 Å². The van der Waals surface area contributed by atoms with Crippen molar-refractivity contribution in [1.29, 1.82) is 0 Å². The van der Waals surface area contributed by atoms with E-state index < -0.39 is 6.04 Å². The normalized spacial score (nSPS) is 14.0. The Morgan fingerprint density at radius 3 is 2.73 bits per heavy atom. The SMILES string of the molecule is CCCC(NC(=O)CCCNC(=O)c1ccccc1)C(=O)N1CCc2sccc2C1. The first-order valence-electron chi connectivity index (χ1n) is 10.5. The molecule has 6 nitrogen and oxygen atoms in total. The maximum atomic E-state index is 13.0. The van der Waals surface area contributed by atoms with Crippen LogP contribution in [0.3, 0.4) is 0 Å². The van der Waals surface area contributed by atoms with Crippen molar-refractivity contribution >= 4 is 29.1 Å². The van der Waals surface area contributed by atoms with Crippen LogP contribution in [-0.4, -0.2) is 41.8 Å². The molecule has 1 unspecified atom stereocenters. The maximum absolute atomic E-state index is 13.0. The third-order valence-electron chi connectivity index (χ3n) is 5.23. The highest BCUT2D eigenvalue weighted by atomic mass is 32.1. The average molecular weight is 428 g/mol. The molecule has 30 heavy (non-hydrogen) atoms. The van der Waals surface area contributed by atoms with Crippen molar-refractivity contribution in [2.75, 3.05) is 13.1 Å². The van der Waals surface area contributed by atoms with Crippen molar-refractivity contribution in [3.05, 3.63) is 57.8 Å². The van der Waals surface area contributed by atoms with Crippen molar-refractivity contribution in [2.45, 2.75) is 51.6 Å². The standard InChI is InChI=1S/C23H29N3O3S/c1-2-7-19(23(29)26-14-11-20-18(16-26)12-15-30-20)25-21(27)10-6-13-24-22(28)17-8-4-3-5-9-17/h3-5,8-9,12,15,19H,2,6-7,10-11,13-14,16H2,1H3,(H,24,28)(H,25,27). The topological polar surface area (TPSA) is 78.5 Å². The van der Waals surface area contributed by atoms with E-state index in [0.29, 0.717) is 38.0 Å². The van der Waals surface area contributed by atoms with Crippen LogP contribution in [0.25, 0.3) is 0 Å². The Morgan fingerprint density at radius 1 is 1.17 bits per heavy atom. The Kier molecular flexibility index (Phi) is 8.02. The number of thiophene rings is 1. The van der Waals surface area contributed by atoms with E-state index in [0.717, 1.165) is 12.8 Å². The monoisotopic (exact) mass is 427 g/mol. The van der Waals surface area contributed by atoms with Crippen LogP contribution in [0.2, 0.25) is 0 Å². The van der Waals surface area contributed by atoms with Crippen molar-refractivity contribution in [1.82, 2.24) is 15.5 Å². The number of carbonyl (C=O) groups is 3. The smallest absolute Gasteiger partial charge is 0.251 e. The van der Waals surface area contributed by atoms with E-state index in [2.05, 4.69) is 22.1 Å². The van der Waals surface area contributed by atoms with E-state index in [-0.39, 0.29) is 24.1 Å². The first-order valence-corrected chi connectivity index (χ1v) is 11.4. The number of hydrogen-bond acceptors (Lipinski definition) is 4. The van der Waals surface area contributed by atoms with Gasteiger partial charge in [-0.05, 0) is 48.4 Å². The van der Waals surface area contributed by atoms with Gasteiger partial charge in [-0.3, -0.25) is 14.4 Å². The molecule has 2 N–H and O–H groups in total. The summed E-state index contributed by atoms with van der Waals surface area (Å²) in [7, 11) is 0. The number of nitrogens with zero attached hydrogens (tertiary/aromatic N) is 1. The highest BCUT2D eigenvalue weighted by Gasteiger charge is 2.28. The van der Waals surface area contributed by atoms with Crippen molar-refractivity contribution in [3.8, 4) is 0 Å². The lowest BCUT2D eigenvalue weighted by molar-refractivity contribution is -0.137. The molecule has 0 radical (unpaired) electrons. The van der Waals surface area contributed by atoms with E-state index in [1.165, 1.54) is 10.4 Å². The van der Waals surface area contributed by atoms with Crippen molar-refractivity contribution in [2.24, 2.45) is 0 Å². The number of benzene rings is 1. The lowest BCUT2D eigenvalue weighted by Gasteiger charge is -2.31. The molecule has 1 aliphatic rings. The molecule has 3 rings (SSSR count). The van der Waals surface area contributed by atoms with E-state index in [1.807, 2.05) is 30.0 Å². The minimum absolute atomic E-state index is 0.000527. The van der Waals surface area contributed by atoms with Gasteiger partial charge in [0.25, 0.3) is 5.91 Å². The summed E-state index contributed by atoms with van der Waals surface area (Å²) in [5, 5.41) is 7.80. The molecule has 3 amide bonds. The van der Waals surface area contributed by atoms with E-state index in [1.54, 1.807) is 23.5 Å². The summed E-state index contributed by atoms with van der Waals surface area (Å²) >= 11 is 1.74. The Morgan fingerprint density at radius 2 is 1.97 bits per heavy atom. The number of nitrogens with one attached hydrogen (secondary N) is 2. The molecule has 0 fully saturated rings. The zero-order valence-electron chi connectivity index (χ0n) is 17.4. The van der Waals surface area contributed by atoms with Crippen molar-refractivity contribution in [3.63, 3.8) is 0 Å². The molecule has 0 spiro atoms. The van der Waals surface area contributed by atoms with Crippen LogP contribution in [-0.2, 0) is 22.6 Å². The predicted octanol–water partition coefficient (Wildman–Crippen LogP) is 3.13. The van der Waals surface area contributed by atoms with Gasteiger partial charge >= 0.3 is 0 Å². The average Bonchev–Trinajstić information content (AvgIpc) is 3.24. The first-order chi connectivity index (χ1) is 14.6. The first kappa shape index (κ1) is 22.0. The summed E-state index contributed by atoms with van der Waals surface area (Å²) < 4.78 is 0. The molecule has 2 aromatic rings. The number of carbonyl (C=O) groups excluding carboxylic acids is 3. The largest absolute Gasteiger partial charge is 0.352 e. The molecular weight excluding hydrogens is 398 g/mol. The molecule has 2 heterocycles. The van der Waals surface area contributed by atoms with Crippen LogP contribution in [0.15, 0.2) is 41.8 Å². The summed E-state index contributed by atoms with van der Waals surface area (Å²) in [5.41, 5.74) is 1.82. The van der Waals surface area contributed by atoms with Gasteiger partial charge in [-0.2, -0.15) is 0 Å². The summed E-state index contributed by atoms with van der Waals surface area (Å²) in [6.07, 6.45) is 3.13. The number of rotatable bonds is 9. The van der Waals surface area contributed by atoms with Crippen LogP contribution in [0.1, 0.15) is 53.4 Å². The zero-order chi connectivity index (χ0) is 21.3. The van der Waals surface area contributed by atoms with Gasteiger partial charge in [0.1, 0.15) is 6.04 Å². The second-order valence-electron chi connectivity index (χ2n) is 7.51. The van der Waals surface area contributed by atoms with Gasteiger partial charge in [0.15, 0.2) is 0 Å². The fourth-order valence-corrected chi connectivity index (χ4v) is 4.50. The summed E-state index contributed by atoms with van der Waals surface area (Å²) in [4.78, 5) is 40.6. The minimum Gasteiger partial charge on any atom is -0.352 e. The third kappa shape index (κ3) is 5.92. The quantitative estimate of drug-likeness (QED) is 0.604. The second kappa shape index (κ2) is 10.9. The molecular formula is C23H29N3O3S. The van der Waals surface area contributed by atoms with E-state index in [4.69, 9.17) is 0 Å². The van der Waals surface area contributed by atoms with Gasteiger partial charge in [0.2, 0.25) is 11.8 Å². The highest BCUT2D eigenvalue weighted by molar-refractivity contribution is 7.10. The van der Waals surface area contributed by atoms with Gasteiger partial charge in [-0.15, -0.1) is 11.3 Å². The molecule has 1 atom stereocenters. The van der Waals surface area contributed by atoms with Gasteiger partial charge in [0.05, 0.1) is 0 Å². The Labute approximate surface area is 181 Å². The number of hydrogen-bond donors (Lipinski definition) is 2. The molecule has 0 saturated carbocycles. The number of amides is 3. The predicted molar refractivity (Wildman–Crippen MR) is 118 cm³/mol. The Hall–Kier alpha value is -2.67. The van der Waals surface area contributed by atoms with E-state index in [9.17, 15) is 14.4 Å². The highest BCUT2D eigenvalue weighted by Crippen LogP contribution is 2.24. The summed E-state index contributed by atoms with van der Waals surface area (Å²) in [6.45, 7) is 3.76. The lowest BCUT2D eigenvalue weighted by Crippen LogP contribution is -2.49. The lowest BCUT2D eigenvalue weighted by atomic mass is 10.1. The molecule has 7 heteroatoms. The molecule has 0 bridgehead atoms. The summed E-state index contributed by atoms with van der Waals surface area (Å²) in [5.74, 6) is -0.295. The van der Waals surface area contributed by atoms with Crippen molar-refractivity contribution < 1.29 is 14.4 Å². The Bertz CT molecular complexity index is 866. The molecule has 160 valence electrons. The van der Waals surface area contributed by atoms with Crippen LogP contribution in [0, 0.1) is 0 Å². The van der Waals surface area contributed by atoms with Crippen LogP contribution in [0.4, 0.5) is 0 Å². The molecule has 1 aromatic heterocycles. The number of fused-ring (bicyclic) bond motifs is 1. The van der Waals surface area contributed by atoms with Gasteiger partial charge in [-0.25, -0.2) is 0 Å². The van der Waals surface area contributed by atoms with Gasteiger partial charge < -0.3 is 15.5 Å². The van der Waals surface area contributed by atoms with Gasteiger partial charge in [-0.1, -0.05) is 31.5 Å². The second-order valence-corrected chi connectivity index (χ2v) is 8.51. The minimum atomic E-state index is -0.485. The molecule has 1 aromatic carbocycles. The fourth-order valence-electron chi connectivity index (χ4n) is 3.61. The van der Waals surface area contributed by atoms with Crippen LogP contribution >= 0.6 is 11.3 Å². The summed E-state index contributed by atoms with van der Waals surface area (Å²) in [6, 6.07) is 10.6. The van der Waals surface area contributed by atoms with Gasteiger partial charge in [0, 0.05) is 36.5 Å². The molecule has 1 aliphatic heterocycles. The fraction of sp³-hybridized carbons (Fsp3) is 0.435. The molecule has 0 saturated heterocycles.